The lowest BCUT2D eigenvalue weighted by molar-refractivity contribution is 0.284. The fraction of sp³-hybridized carbons (Fsp3) is 0.273. The number of rotatable bonds is 7. The number of aromatic nitrogens is 3. The van der Waals surface area contributed by atoms with Crippen LogP contribution < -0.4 is 10.1 Å². The van der Waals surface area contributed by atoms with Crippen LogP contribution in [0.4, 0.5) is 14.5 Å². The molecule has 5 nitrogen and oxygen atoms in total. The van der Waals surface area contributed by atoms with E-state index in [1.165, 1.54) is 24.3 Å². The Labute approximate surface area is 243 Å². The molecule has 6 rings (SSSR count). The van der Waals surface area contributed by atoms with Gasteiger partial charge < -0.3 is 14.6 Å². The van der Waals surface area contributed by atoms with Crippen LogP contribution in [0, 0.1) is 18.6 Å². The number of hydrogen-bond donors (Lipinski definition) is 1. The number of nitrogens with one attached hydrogen (secondary N) is 1. The molecule has 0 saturated heterocycles. The van der Waals surface area contributed by atoms with Crippen molar-refractivity contribution in [2.24, 2.45) is 0 Å². The van der Waals surface area contributed by atoms with Gasteiger partial charge >= 0.3 is 0 Å². The molecule has 1 N–H and O–H groups in total. The zero-order valence-electron chi connectivity index (χ0n) is 23.4. The first kappa shape index (κ1) is 27.1. The molecule has 1 aliphatic rings. The Morgan fingerprint density at radius 3 is 2.41 bits per heavy atom. The van der Waals surface area contributed by atoms with E-state index in [0.717, 1.165) is 76.5 Å². The highest BCUT2D eigenvalue weighted by Crippen LogP contribution is 2.38. The molecule has 0 fully saturated rings. The first-order chi connectivity index (χ1) is 19.8. The molecule has 0 bridgehead atoms. The summed E-state index contributed by atoms with van der Waals surface area (Å²) < 4.78 is 38.1. The van der Waals surface area contributed by atoms with Gasteiger partial charge in [0.2, 0.25) is 0 Å². The fourth-order valence-corrected chi connectivity index (χ4v) is 5.96. The van der Waals surface area contributed by atoms with Gasteiger partial charge in [0.1, 0.15) is 40.3 Å². The van der Waals surface area contributed by atoms with Crippen LogP contribution in [0.3, 0.4) is 0 Å². The van der Waals surface area contributed by atoms with E-state index in [9.17, 15) is 8.78 Å². The van der Waals surface area contributed by atoms with E-state index in [-0.39, 0.29) is 11.6 Å². The molecule has 0 spiro atoms. The van der Waals surface area contributed by atoms with Gasteiger partial charge in [-0.3, -0.25) is 0 Å². The van der Waals surface area contributed by atoms with E-state index in [1.807, 2.05) is 4.52 Å². The lowest BCUT2D eigenvalue weighted by atomic mass is 9.98. The average Bonchev–Trinajstić information content (AvgIpc) is 3.35. The van der Waals surface area contributed by atoms with Gasteiger partial charge in [-0.25, -0.2) is 13.3 Å². The second kappa shape index (κ2) is 11.1. The summed E-state index contributed by atoms with van der Waals surface area (Å²) in [6, 6.07) is 18.9. The smallest absolute Gasteiger partial charge is 0.169 e. The quantitative estimate of drug-likeness (QED) is 0.200. The highest BCUT2D eigenvalue weighted by Gasteiger charge is 2.29. The highest BCUT2D eigenvalue weighted by molar-refractivity contribution is 7.81. The van der Waals surface area contributed by atoms with Gasteiger partial charge in [-0.05, 0) is 91.3 Å². The third-order valence-corrected chi connectivity index (χ3v) is 7.96. The standard InChI is InChI=1S/C33H32F2N4OS/c1-20(2)26-16-7-21(3)18-28(26)40-19-29-37-39-31(32(41)36-25-14-12-24(35)13-15-25)30(22-8-10-23(34)11-9-22)27-6-4-5-17-38(29)33(27)39/h7-16,18,20H,4-6,17,19H2,1-3H3,(H,36,41). The number of halogens is 2. The summed E-state index contributed by atoms with van der Waals surface area (Å²) in [5, 5.41) is 8.35. The zero-order valence-corrected chi connectivity index (χ0v) is 24.2. The van der Waals surface area contributed by atoms with Gasteiger partial charge in [0.25, 0.3) is 0 Å². The number of benzene rings is 3. The molecule has 0 unspecified atom stereocenters. The molecule has 3 aromatic carbocycles. The predicted molar refractivity (Wildman–Crippen MR) is 163 cm³/mol. The Hall–Kier alpha value is -4.04. The van der Waals surface area contributed by atoms with E-state index in [0.29, 0.717) is 23.2 Å². The maximum absolute atomic E-state index is 13.9. The summed E-state index contributed by atoms with van der Waals surface area (Å²) in [6.07, 6.45) is 2.85. The molecule has 3 heterocycles. The monoisotopic (exact) mass is 570 g/mol. The summed E-state index contributed by atoms with van der Waals surface area (Å²) in [7, 11) is 0. The van der Waals surface area contributed by atoms with E-state index in [2.05, 4.69) is 48.9 Å². The highest BCUT2D eigenvalue weighted by atomic mass is 32.1. The van der Waals surface area contributed by atoms with Crippen molar-refractivity contribution < 1.29 is 13.5 Å². The minimum Gasteiger partial charge on any atom is -0.485 e. The molecular weight excluding hydrogens is 538 g/mol. The maximum Gasteiger partial charge on any atom is 0.169 e. The summed E-state index contributed by atoms with van der Waals surface area (Å²) >= 11 is 5.97. The second-order valence-electron chi connectivity index (χ2n) is 10.9. The molecule has 0 aliphatic carbocycles. The van der Waals surface area contributed by atoms with Crippen LogP contribution in [0.5, 0.6) is 5.75 Å². The van der Waals surface area contributed by atoms with Crippen molar-refractivity contribution in [3.8, 4) is 16.9 Å². The zero-order chi connectivity index (χ0) is 28.7. The van der Waals surface area contributed by atoms with Crippen molar-refractivity contribution in [3.05, 3.63) is 107 Å². The summed E-state index contributed by atoms with van der Waals surface area (Å²) in [4.78, 5) is 0.454. The van der Waals surface area contributed by atoms with E-state index in [4.69, 9.17) is 22.1 Å². The first-order valence-electron chi connectivity index (χ1n) is 14.0. The fourth-order valence-electron chi connectivity index (χ4n) is 5.66. The third kappa shape index (κ3) is 5.24. The summed E-state index contributed by atoms with van der Waals surface area (Å²) in [6.45, 7) is 7.51. The van der Waals surface area contributed by atoms with Crippen LogP contribution in [0.2, 0.25) is 0 Å². The predicted octanol–water partition coefficient (Wildman–Crippen LogP) is 8.22. The SMILES string of the molecule is Cc1ccc(C(C)C)c(OCc2nn3c(C(=S)Nc4ccc(F)cc4)c(-c4ccc(F)cc4)c4c3n2CCCC4)c1. The summed E-state index contributed by atoms with van der Waals surface area (Å²) in [5.41, 5.74) is 7.62. The van der Waals surface area contributed by atoms with Crippen LogP contribution in [0.25, 0.3) is 16.8 Å². The Morgan fingerprint density at radius 1 is 1.00 bits per heavy atom. The van der Waals surface area contributed by atoms with Crippen molar-refractivity contribution in [1.82, 2.24) is 14.2 Å². The lowest BCUT2D eigenvalue weighted by Gasteiger charge is -2.15. The number of thiocarbonyl (C=S) groups is 1. The van der Waals surface area contributed by atoms with Crippen LogP contribution in [-0.2, 0) is 19.6 Å². The van der Waals surface area contributed by atoms with Gasteiger partial charge in [0.05, 0.1) is 0 Å². The van der Waals surface area contributed by atoms with E-state index < -0.39 is 0 Å². The molecule has 0 amide bonds. The number of anilines is 1. The largest absolute Gasteiger partial charge is 0.485 e. The Bertz CT molecular complexity index is 1740. The van der Waals surface area contributed by atoms with Crippen LogP contribution in [0.15, 0.2) is 66.7 Å². The van der Waals surface area contributed by atoms with Gasteiger partial charge in [-0.1, -0.05) is 50.3 Å². The lowest BCUT2D eigenvalue weighted by Crippen LogP contribution is -2.15. The summed E-state index contributed by atoms with van der Waals surface area (Å²) in [5.74, 6) is 1.40. The Morgan fingerprint density at radius 2 is 1.71 bits per heavy atom. The number of hydrogen-bond acceptors (Lipinski definition) is 3. The first-order valence-corrected chi connectivity index (χ1v) is 14.4. The molecule has 0 saturated carbocycles. The topological polar surface area (TPSA) is 43.5 Å². The van der Waals surface area contributed by atoms with Gasteiger partial charge in [-0.2, -0.15) is 0 Å². The van der Waals surface area contributed by atoms with Gasteiger partial charge in [0, 0.05) is 23.4 Å². The van der Waals surface area contributed by atoms with Gasteiger partial charge in [-0.15, -0.1) is 5.10 Å². The van der Waals surface area contributed by atoms with Crippen LogP contribution in [0.1, 0.15) is 60.8 Å². The molecule has 8 heteroatoms. The molecule has 0 atom stereocenters. The van der Waals surface area contributed by atoms with E-state index >= 15 is 0 Å². The number of ether oxygens (including phenoxy) is 1. The Balaban J connectivity index is 1.48. The Kier molecular flexibility index (Phi) is 7.34. The van der Waals surface area contributed by atoms with Crippen LogP contribution >= 0.6 is 12.2 Å². The molecule has 5 aromatic rings. The minimum atomic E-state index is -0.319. The van der Waals surface area contributed by atoms with Crippen molar-refractivity contribution in [2.45, 2.75) is 59.1 Å². The van der Waals surface area contributed by atoms with E-state index in [1.54, 1.807) is 24.3 Å². The number of aryl methyl sites for hydroxylation is 3. The molecule has 0 radical (unpaired) electrons. The van der Waals surface area contributed by atoms with Crippen molar-refractivity contribution >= 4 is 28.5 Å². The molecule has 210 valence electrons. The molecular formula is C33H32F2N4OS. The maximum atomic E-state index is 13.9. The molecule has 2 aromatic heterocycles. The molecule has 1 aliphatic heterocycles. The minimum absolute atomic E-state index is 0.295. The number of nitrogens with zero attached hydrogens (tertiary/aromatic N) is 3. The second-order valence-corrected chi connectivity index (χ2v) is 11.3. The van der Waals surface area contributed by atoms with Gasteiger partial charge in [0.15, 0.2) is 5.82 Å². The van der Waals surface area contributed by atoms with Crippen molar-refractivity contribution in [2.75, 3.05) is 5.32 Å². The van der Waals surface area contributed by atoms with Crippen molar-refractivity contribution in [1.29, 1.82) is 0 Å². The average molecular weight is 571 g/mol. The normalized spacial score (nSPS) is 13.0. The third-order valence-electron chi connectivity index (χ3n) is 7.66. The van der Waals surface area contributed by atoms with Crippen molar-refractivity contribution in [3.63, 3.8) is 0 Å². The van der Waals surface area contributed by atoms with Crippen LogP contribution in [-0.4, -0.2) is 19.2 Å². The molecule has 41 heavy (non-hydrogen) atoms.